The zero-order chi connectivity index (χ0) is 16.4. The third-order valence-corrected chi connectivity index (χ3v) is 5.32. The molecule has 2 heterocycles. The van der Waals surface area contributed by atoms with Crippen molar-refractivity contribution in [3.8, 4) is 0 Å². The van der Waals surface area contributed by atoms with Crippen LogP contribution in [0.1, 0.15) is 5.76 Å². The first-order valence-electron chi connectivity index (χ1n) is 6.93. The molecule has 0 bridgehead atoms. The monoisotopic (exact) mass is 348 g/mol. The molecule has 2 aromatic heterocycles. The molecule has 1 aromatic carbocycles. The molecule has 120 valence electrons. The first kappa shape index (κ1) is 15.8. The van der Waals surface area contributed by atoms with Crippen molar-refractivity contribution in [3.05, 3.63) is 36.1 Å². The van der Waals surface area contributed by atoms with E-state index in [0.29, 0.717) is 10.9 Å². The molecular formula is C15H16N4O2S2. The molecule has 0 aliphatic carbocycles. The summed E-state index contributed by atoms with van der Waals surface area (Å²) >= 11 is 2.94. The number of hydrogen-bond donors (Lipinski definition) is 0. The van der Waals surface area contributed by atoms with Crippen molar-refractivity contribution in [1.82, 2.24) is 15.1 Å². The topological polar surface area (TPSA) is 62.5 Å². The van der Waals surface area contributed by atoms with Gasteiger partial charge in [0.1, 0.15) is 11.3 Å². The maximum Gasteiger partial charge on any atom is 0.325 e. The second kappa shape index (κ2) is 6.59. The highest BCUT2D eigenvalue weighted by atomic mass is 32.2. The molecule has 0 aliphatic heterocycles. The van der Waals surface area contributed by atoms with Gasteiger partial charge in [0.2, 0.25) is 5.13 Å². The Hall–Kier alpha value is -2.06. The van der Waals surface area contributed by atoms with E-state index in [9.17, 15) is 4.79 Å². The molecule has 6 nitrogen and oxygen atoms in total. The van der Waals surface area contributed by atoms with Crippen molar-refractivity contribution < 1.29 is 9.21 Å². The number of para-hydroxylation sites is 1. The number of furan rings is 1. The number of benzene rings is 1. The van der Waals surface area contributed by atoms with Gasteiger partial charge in [-0.15, -0.1) is 10.2 Å². The summed E-state index contributed by atoms with van der Waals surface area (Å²) in [4.78, 5) is 14.9. The van der Waals surface area contributed by atoms with Gasteiger partial charge in [0.25, 0.3) is 0 Å². The fraction of sp³-hybridized carbons (Fsp3) is 0.267. The van der Waals surface area contributed by atoms with E-state index in [-0.39, 0.29) is 6.03 Å². The van der Waals surface area contributed by atoms with E-state index in [4.69, 9.17) is 4.42 Å². The molecule has 0 saturated heterocycles. The number of urea groups is 1. The predicted molar refractivity (Wildman–Crippen MR) is 93.2 cm³/mol. The van der Waals surface area contributed by atoms with Crippen LogP contribution >= 0.6 is 23.1 Å². The Morgan fingerprint density at radius 3 is 2.78 bits per heavy atom. The Balaban J connectivity index is 1.66. The highest BCUT2D eigenvalue weighted by Gasteiger charge is 2.17. The van der Waals surface area contributed by atoms with Gasteiger partial charge < -0.3 is 9.32 Å². The minimum atomic E-state index is -0.130. The van der Waals surface area contributed by atoms with Gasteiger partial charge >= 0.3 is 6.03 Å². The van der Waals surface area contributed by atoms with Gasteiger partial charge in [0.05, 0.1) is 5.75 Å². The second-order valence-electron chi connectivity index (χ2n) is 5.13. The quantitative estimate of drug-likeness (QED) is 0.531. The first-order chi connectivity index (χ1) is 11.0. The Morgan fingerprint density at radius 1 is 1.26 bits per heavy atom. The number of rotatable bonds is 4. The molecule has 0 saturated carbocycles. The minimum Gasteiger partial charge on any atom is -0.460 e. The van der Waals surface area contributed by atoms with Crippen LogP contribution in [0.15, 0.2) is 39.1 Å². The number of anilines is 1. The smallest absolute Gasteiger partial charge is 0.325 e. The molecule has 23 heavy (non-hydrogen) atoms. The predicted octanol–water partition coefficient (Wildman–Crippen LogP) is 3.69. The van der Waals surface area contributed by atoms with Gasteiger partial charge in [0.15, 0.2) is 4.34 Å². The van der Waals surface area contributed by atoms with Gasteiger partial charge in [0, 0.05) is 26.5 Å². The van der Waals surface area contributed by atoms with Gasteiger partial charge in [-0.05, 0) is 12.1 Å². The molecule has 3 rings (SSSR count). The van der Waals surface area contributed by atoms with E-state index in [2.05, 4.69) is 10.2 Å². The molecule has 2 amide bonds. The lowest BCUT2D eigenvalue weighted by Gasteiger charge is -2.18. The average molecular weight is 348 g/mol. The van der Waals surface area contributed by atoms with Crippen molar-refractivity contribution in [2.75, 3.05) is 26.0 Å². The van der Waals surface area contributed by atoms with Gasteiger partial charge in [-0.3, -0.25) is 4.90 Å². The van der Waals surface area contributed by atoms with E-state index in [1.165, 1.54) is 21.1 Å². The van der Waals surface area contributed by atoms with Crippen LogP contribution in [-0.2, 0) is 5.75 Å². The van der Waals surface area contributed by atoms with Crippen LogP contribution in [0.3, 0.4) is 0 Å². The lowest BCUT2D eigenvalue weighted by molar-refractivity contribution is 0.225. The first-order valence-corrected chi connectivity index (χ1v) is 8.73. The summed E-state index contributed by atoms with van der Waals surface area (Å²) < 4.78 is 6.58. The van der Waals surface area contributed by atoms with Crippen LogP contribution in [-0.4, -0.2) is 42.3 Å². The molecular weight excluding hydrogens is 332 g/mol. The van der Waals surface area contributed by atoms with Crippen LogP contribution in [0.2, 0.25) is 0 Å². The number of thioether (sulfide) groups is 1. The number of carbonyl (C=O) groups is 1. The van der Waals surface area contributed by atoms with E-state index in [0.717, 1.165) is 21.1 Å². The van der Waals surface area contributed by atoms with Gasteiger partial charge in [-0.2, -0.15) is 0 Å². The molecule has 0 spiro atoms. The van der Waals surface area contributed by atoms with Crippen LogP contribution in [0.5, 0.6) is 0 Å². The fourth-order valence-electron chi connectivity index (χ4n) is 2.02. The lowest BCUT2D eigenvalue weighted by atomic mass is 10.2. The molecule has 0 N–H and O–H groups in total. The van der Waals surface area contributed by atoms with Crippen molar-refractivity contribution >= 4 is 45.2 Å². The number of nitrogens with zero attached hydrogens (tertiary/aromatic N) is 4. The zero-order valence-electron chi connectivity index (χ0n) is 13.0. The summed E-state index contributed by atoms with van der Waals surface area (Å²) in [5, 5.41) is 9.87. The highest BCUT2D eigenvalue weighted by molar-refractivity contribution is 8.00. The maximum atomic E-state index is 11.9. The summed E-state index contributed by atoms with van der Waals surface area (Å²) in [6, 6.07) is 9.83. The normalized spacial score (nSPS) is 10.9. The van der Waals surface area contributed by atoms with Crippen molar-refractivity contribution in [2.45, 2.75) is 10.1 Å². The number of aromatic nitrogens is 2. The molecule has 0 unspecified atom stereocenters. The van der Waals surface area contributed by atoms with Crippen LogP contribution in [0, 0.1) is 0 Å². The molecule has 3 aromatic rings. The zero-order valence-corrected chi connectivity index (χ0v) is 14.6. The third kappa shape index (κ3) is 3.48. The number of fused-ring (bicyclic) bond motifs is 1. The fourth-order valence-corrected chi connectivity index (χ4v) is 3.70. The number of carbonyl (C=O) groups excluding carboxylic acids is 1. The van der Waals surface area contributed by atoms with Gasteiger partial charge in [-0.1, -0.05) is 41.3 Å². The standard InChI is InChI=1S/C15H16N4O2S2/c1-18(2)15(20)19(3)13-16-17-14(23-13)22-9-11-8-10-6-4-5-7-12(10)21-11/h4-8H,9H2,1-3H3. The lowest BCUT2D eigenvalue weighted by Crippen LogP contribution is -2.36. The molecule has 8 heteroatoms. The van der Waals surface area contributed by atoms with Gasteiger partial charge in [-0.25, -0.2) is 4.79 Å². The molecule has 0 atom stereocenters. The van der Waals surface area contributed by atoms with Crippen LogP contribution in [0.4, 0.5) is 9.93 Å². The summed E-state index contributed by atoms with van der Waals surface area (Å²) in [6.45, 7) is 0. The van der Waals surface area contributed by atoms with Crippen molar-refractivity contribution in [2.24, 2.45) is 0 Å². The Kier molecular flexibility index (Phi) is 4.53. The van der Waals surface area contributed by atoms with Crippen molar-refractivity contribution in [3.63, 3.8) is 0 Å². The largest absolute Gasteiger partial charge is 0.460 e. The Bertz CT molecular complexity index is 795. The molecule has 0 fully saturated rings. The van der Waals surface area contributed by atoms with E-state index >= 15 is 0 Å². The third-order valence-electron chi connectivity index (χ3n) is 3.17. The molecule has 0 radical (unpaired) electrons. The minimum absolute atomic E-state index is 0.130. The SMILES string of the molecule is CN(C)C(=O)N(C)c1nnc(SCc2cc3ccccc3o2)s1. The average Bonchev–Trinajstić information content (AvgIpc) is 3.17. The summed E-state index contributed by atoms with van der Waals surface area (Å²) in [6.07, 6.45) is 0. The van der Waals surface area contributed by atoms with Crippen LogP contribution in [0.25, 0.3) is 11.0 Å². The maximum absolute atomic E-state index is 11.9. The Labute approximate surface area is 142 Å². The highest BCUT2D eigenvalue weighted by Crippen LogP contribution is 2.31. The summed E-state index contributed by atoms with van der Waals surface area (Å²) in [5.74, 6) is 1.57. The van der Waals surface area contributed by atoms with E-state index in [1.807, 2.05) is 30.3 Å². The van der Waals surface area contributed by atoms with E-state index < -0.39 is 0 Å². The summed E-state index contributed by atoms with van der Waals surface area (Å²) in [7, 11) is 5.10. The number of amides is 2. The number of hydrogen-bond acceptors (Lipinski definition) is 6. The molecule has 0 aliphatic rings. The van der Waals surface area contributed by atoms with E-state index in [1.54, 1.807) is 32.9 Å². The Morgan fingerprint density at radius 2 is 2.04 bits per heavy atom. The van der Waals surface area contributed by atoms with Crippen molar-refractivity contribution in [1.29, 1.82) is 0 Å². The second-order valence-corrected chi connectivity index (χ2v) is 7.30. The summed E-state index contributed by atoms with van der Waals surface area (Å²) in [5.41, 5.74) is 0.886. The van der Waals surface area contributed by atoms with Crippen LogP contribution < -0.4 is 4.90 Å².